The van der Waals surface area contributed by atoms with Gasteiger partial charge in [0, 0.05) is 5.56 Å². The first-order chi connectivity index (χ1) is 11.7. The Morgan fingerprint density at radius 2 is 2.04 bits per heavy atom. The number of aromatic nitrogens is 1. The van der Waals surface area contributed by atoms with Gasteiger partial charge in [0.15, 0.2) is 5.58 Å². The van der Waals surface area contributed by atoms with Crippen LogP contribution in [0.5, 0.6) is 0 Å². The fourth-order valence-electron chi connectivity index (χ4n) is 2.39. The Morgan fingerprint density at radius 3 is 2.83 bits per heavy atom. The summed E-state index contributed by atoms with van der Waals surface area (Å²) in [6.07, 6.45) is 0. The number of anilines is 1. The van der Waals surface area contributed by atoms with Gasteiger partial charge in [0.05, 0.1) is 0 Å². The largest absolute Gasteiger partial charge is 0.423 e. The van der Waals surface area contributed by atoms with E-state index >= 15 is 0 Å². The van der Waals surface area contributed by atoms with E-state index in [9.17, 15) is 9.18 Å². The van der Waals surface area contributed by atoms with Crippen molar-refractivity contribution in [3.8, 4) is 11.1 Å². The number of fused-ring (bicyclic) bond motifs is 1. The number of halogens is 1. The van der Waals surface area contributed by atoms with Crippen molar-refractivity contribution in [2.45, 2.75) is 0 Å². The SMILES string of the molecule is O=C(Nc1nc2cc(-c3ccsc3)ccc2o1)c1cccc(F)c1. The van der Waals surface area contributed by atoms with E-state index in [1.54, 1.807) is 11.3 Å². The van der Waals surface area contributed by atoms with E-state index in [0.717, 1.165) is 17.2 Å². The maximum atomic E-state index is 13.2. The summed E-state index contributed by atoms with van der Waals surface area (Å²) < 4.78 is 18.7. The van der Waals surface area contributed by atoms with Gasteiger partial charge in [-0.05, 0) is 58.3 Å². The van der Waals surface area contributed by atoms with Crippen molar-refractivity contribution < 1.29 is 13.6 Å². The number of oxazole rings is 1. The molecule has 1 N–H and O–H groups in total. The lowest BCUT2D eigenvalue weighted by Gasteiger charge is -2.00. The van der Waals surface area contributed by atoms with Gasteiger partial charge in [-0.25, -0.2) is 4.39 Å². The predicted molar refractivity (Wildman–Crippen MR) is 91.7 cm³/mol. The van der Waals surface area contributed by atoms with Gasteiger partial charge in [0.1, 0.15) is 11.3 Å². The van der Waals surface area contributed by atoms with Crippen molar-refractivity contribution >= 4 is 34.4 Å². The minimum atomic E-state index is -0.473. The molecule has 0 radical (unpaired) electrons. The Balaban J connectivity index is 1.62. The number of benzene rings is 2. The number of amides is 1. The Bertz CT molecular complexity index is 1020. The molecular weight excluding hydrogens is 327 g/mol. The van der Waals surface area contributed by atoms with Crippen molar-refractivity contribution in [3.63, 3.8) is 0 Å². The molecule has 0 spiro atoms. The van der Waals surface area contributed by atoms with E-state index in [4.69, 9.17) is 4.42 Å². The molecule has 0 atom stereocenters. The standard InChI is InChI=1S/C18H11FN2O2S/c19-14-3-1-2-12(8-14)17(22)21-18-20-15-9-11(4-5-16(15)23-18)13-6-7-24-10-13/h1-10H,(H,20,21,22). The summed E-state index contributed by atoms with van der Waals surface area (Å²) in [7, 11) is 0. The van der Waals surface area contributed by atoms with Crippen LogP contribution >= 0.6 is 11.3 Å². The molecular formula is C18H11FN2O2S. The molecule has 4 rings (SSSR count). The summed E-state index contributed by atoms with van der Waals surface area (Å²) in [6.45, 7) is 0. The predicted octanol–water partition coefficient (Wildman–Crippen LogP) is 4.95. The molecule has 0 bridgehead atoms. The van der Waals surface area contributed by atoms with Gasteiger partial charge in [-0.2, -0.15) is 16.3 Å². The Hall–Kier alpha value is -2.99. The van der Waals surface area contributed by atoms with E-state index in [1.165, 1.54) is 18.2 Å². The lowest BCUT2D eigenvalue weighted by molar-refractivity contribution is 0.102. The number of carbonyl (C=O) groups excluding carboxylic acids is 1. The molecule has 24 heavy (non-hydrogen) atoms. The maximum Gasteiger partial charge on any atom is 0.302 e. The van der Waals surface area contributed by atoms with Crippen LogP contribution in [0.4, 0.5) is 10.4 Å². The van der Waals surface area contributed by atoms with E-state index in [0.29, 0.717) is 11.1 Å². The van der Waals surface area contributed by atoms with Gasteiger partial charge in [-0.3, -0.25) is 10.1 Å². The van der Waals surface area contributed by atoms with Gasteiger partial charge in [0.25, 0.3) is 5.91 Å². The molecule has 4 nitrogen and oxygen atoms in total. The molecule has 1 amide bonds. The van der Waals surface area contributed by atoms with Gasteiger partial charge in [-0.15, -0.1) is 0 Å². The molecule has 2 aromatic heterocycles. The number of nitrogens with one attached hydrogen (secondary N) is 1. The molecule has 0 unspecified atom stereocenters. The normalized spacial score (nSPS) is 10.9. The molecule has 4 aromatic rings. The molecule has 2 aromatic carbocycles. The summed E-state index contributed by atoms with van der Waals surface area (Å²) in [6, 6.07) is 13.2. The van der Waals surface area contributed by atoms with Crippen LogP contribution in [0.1, 0.15) is 10.4 Å². The van der Waals surface area contributed by atoms with Crippen LogP contribution in [0.3, 0.4) is 0 Å². The summed E-state index contributed by atoms with van der Waals surface area (Å²) in [5.41, 5.74) is 3.56. The van der Waals surface area contributed by atoms with Crippen molar-refractivity contribution in [2.75, 3.05) is 5.32 Å². The summed E-state index contributed by atoms with van der Waals surface area (Å²) in [5, 5.41) is 6.60. The highest BCUT2D eigenvalue weighted by atomic mass is 32.1. The third kappa shape index (κ3) is 2.79. The van der Waals surface area contributed by atoms with E-state index in [-0.39, 0.29) is 11.6 Å². The van der Waals surface area contributed by atoms with Gasteiger partial charge in [-0.1, -0.05) is 12.1 Å². The number of rotatable bonds is 3. The monoisotopic (exact) mass is 338 g/mol. The number of nitrogens with zero attached hydrogens (tertiary/aromatic N) is 1. The summed E-state index contributed by atoms with van der Waals surface area (Å²) in [5.74, 6) is -0.945. The number of carbonyl (C=O) groups is 1. The van der Waals surface area contributed by atoms with E-state index in [2.05, 4.69) is 10.3 Å². The first kappa shape index (κ1) is 14.6. The molecule has 0 aliphatic rings. The first-order valence-electron chi connectivity index (χ1n) is 7.19. The van der Waals surface area contributed by atoms with Crippen LogP contribution in [0.25, 0.3) is 22.2 Å². The molecule has 6 heteroatoms. The molecule has 0 saturated heterocycles. The molecule has 2 heterocycles. The minimum Gasteiger partial charge on any atom is -0.423 e. The van der Waals surface area contributed by atoms with Crippen molar-refractivity contribution in [1.29, 1.82) is 0 Å². The van der Waals surface area contributed by atoms with Crippen LogP contribution in [0.2, 0.25) is 0 Å². The van der Waals surface area contributed by atoms with Crippen LogP contribution in [-0.2, 0) is 0 Å². The smallest absolute Gasteiger partial charge is 0.302 e. The zero-order valence-electron chi connectivity index (χ0n) is 12.3. The van der Waals surface area contributed by atoms with E-state index < -0.39 is 11.7 Å². The molecule has 0 aliphatic heterocycles. The molecule has 0 fully saturated rings. The number of hydrogen-bond acceptors (Lipinski definition) is 4. The Morgan fingerprint density at radius 1 is 1.12 bits per heavy atom. The zero-order valence-corrected chi connectivity index (χ0v) is 13.1. The van der Waals surface area contributed by atoms with Gasteiger partial charge < -0.3 is 4.42 Å². The zero-order chi connectivity index (χ0) is 16.5. The van der Waals surface area contributed by atoms with Crippen molar-refractivity contribution in [3.05, 3.63) is 70.7 Å². The summed E-state index contributed by atoms with van der Waals surface area (Å²) in [4.78, 5) is 16.4. The fourth-order valence-corrected chi connectivity index (χ4v) is 3.05. The van der Waals surface area contributed by atoms with Crippen LogP contribution < -0.4 is 5.32 Å². The molecule has 0 saturated carbocycles. The van der Waals surface area contributed by atoms with Crippen LogP contribution in [-0.4, -0.2) is 10.9 Å². The Labute approximate surface area is 140 Å². The maximum absolute atomic E-state index is 13.2. The molecule has 0 aliphatic carbocycles. The second-order valence-corrected chi connectivity index (χ2v) is 5.96. The van der Waals surface area contributed by atoms with E-state index in [1.807, 2.05) is 35.0 Å². The van der Waals surface area contributed by atoms with Crippen LogP contribution in [0, 0.1) is 5.82 Å². The van der Waals surface area contributed by atoms with Crippen molar-refractivity contribution in [2.24, 2.45) is 0 Å². The lowest BCUT2D eigenvalue weighted by Crippen LogP contribution is -2.12. The van der Waals surface area contributed by atoms with Gasteiger partial charge in [0.2, 0.25) is 0 Å². The third-order valence-corrected chi connectivity index (χ3v) is 4.23. The average Bonchev–Trinajstić information content (AvgIpc) is 3.23. The number of hydrogen-bond donors (Lipinski definition) is 1. The fraction of sp³-hybridized carbons (Fsp3) is 0. The van der Waals surface area contributed by atoms with Crippen molar-refractivity contribution in [1.82, 2.24) is 4.98 Å². The average molecular weight is 338 g/mol. The van der Waals surface area contributed by atoms with Crippen LogP contribution in [0.15, 0.2) is 63.7 Å². The quantitative estimate of drug-likeness (QED) is 0.575. The first-order valence-corrected chi connectivity index (χ1v) is 8.13. The lowest BCUT2D eigenvalue weighted by atomic mass is 10.1. The summed E-state index contributed by atoms with van der Waals surface area (Å²) >= 11 is 1.62. The minimum absolute atomic E-state index is 0.0849. The second-order valence-electron chi connectivity index (χ2n) is 5.18. The Kier molecular flexibility index (Phi) is 3.59. The number of thiophene rings is 1. The highest BCUT2D eigenvalue weighted by Crippen LogP contribution is 2.27. The topological polar surface area (TPSA) is 55.1 Å². The van der Waals surface area contributed by atoms with Gasteiger partial charge >= 0.3 is 6.01 Å². The highest BCUT2D eigenvalue weighted by molar-refractivity contribution is 7.08. The third-order valence-electron chi connectivity index (χ3n) is 3.55. The molecule has 118 valence electrons. The highest BCUT2D eigenvalue weighted by Gasteiger charge is 2.12. The second kappa shape index (κ2) is 5.90.